The first-order valence-electron chi connectivity index (χ1n) is 13.5. The summed E-state index contributed by atoms with van der Waals surface area (Å²) in [5, 5.41) is 2.97. The molecule has 5 rings (SSSR count). The molecule has 1 aliphatic rings. The van der Waals surface area contributed by atoms with Crippen molar-refractivity contribution < 1.29 is 19.1 Å². The lowest BCUT2D eigenvalue weighted by molar-refractivity contribution is -0.117. The van der Waals surface area contributed by atoms with Gasteiger partial charge >= 0.3 is 0 Å². The van der Waals surface area contributed by atoms with E-state index in [4.69, 9.17) is 14.5 Å². The third kappa shape index (κ3) is 6.24. The third-order valence-electron chi connectivity index (χ3n) is 7.20. The van der Waals surface area contributed by atoms with Gasteiger partial charge in [-0.2, -0.15) is 0 Å². The van der Waals surface area contributed by atoms with Gasteiger partial charge in [0.2, 0.25) is 11.9 Å². The predicted octanol–water partition coefficient (Wildman–Crippen LogP) is 5.42. The Labute approximate surface area is 234 Å². The van der Waals surface area contributed by atoms with Crippen LogP contribution in [0.1, 0.15) is 34.3 Å². The highest BCUT2D eigenvalue weighted by molar-refractivity contribution is 5.99. The summed E-state index contributed by atoms with van der Waals surface area (Å²) in [6, 6.07) is 22.7. The summed E-state index contributed by atoms with van der Waals surface area (Å²) in [5.41, 5.74) is 5.31. The number of carbonyl (C=O) groups is 2. The summed E-state index contributed by atoms with van der Waals surface area (Å²) in [5.74, 6) is 0.588. The van der Waals surface area contributed by atoms with Crippen LogP contribution in [0.25, 0.3) is 16.9 Å². The number of ether oxygens (including phenoxy) is 2. The van der Waals surface area contributed by atoms with Crippen LogP contribution in [-0.4, -0.2) is 59.2 Å². The maximum absolute atomic E-state index is 13.5. The molecule has 40 heavy (non-hydrogen) atoms. The van der Waals surface area contributed by atoms with Crippen molar-refractivity contribution in [3.8, 4) is 22.7 Å². The molecule has 1 aliphatic heterocycles. The predicted molar refractivity (Wildman–Crippen MR) is 155 cm³/mol. The summed E-state index contributed by atoms with van der Waals surface area (Å²) in [7, 11) is 1.63. The smallest absolute Gasteiger partial charge is 0.254 e. The van der Waals surface area contributed by atoms with Gasteiger partial charge in [0, 0.05) is 36.2 Å². The minimum atomic E-state index is -0.334. The fraction of sp³-hybridized carbons (Fsp3) is 0.281. The number of methoxy groups -OCH3 is 1. The first-order chi connectivity index (χ1) is 19.4. The number of aromatic nitrogens is 2. The molecule has 2 heterocycles. The molecule has 1 N–H and O–H groups in total. The summed E-state index contributed by atoms with van der Waals surface area (Å²) < 4.78 is 12.9. The number of aryl methyl sites for hydroxylation is 2. The maximum Gasteiger partial charge on any atom is 0.254 e. The summed E-state index contributed by atoms with van der Waals surface area (Å²) in [6.07, 6.45) is 3.63. The Morgan fingerprint density at radius 3 is 2.50 bits per heavy atom. The van der Waals surface area contributed by atoms with Crippen molar-refractivity contribution in [1.82, 2.24) is 14.5 Å². The zero-order valence-electron chi connectivity index (χ0n) is 23.1. The van der Waals surface area contributed by atoms with E-state index in [2.05, 4.69) is 25.2 Å². The van der Waals surface area contributed by atoms with Gasteiger partial charge in [0.1, 0.15) is 12.3 Å². The molecule has 206 valence electrons. The van der Waals surface area contributed by atoms with Crippen molar-refractivity contribution in [2.75, 3.05) is 32.1 Å². The number of hydrogen-bond donors (Lipinski definition) is 1. The lowest BCUT2D eigenvalue weighted by atomic mass is 10.1. The van der Waals surface area contributed by atoms with Crippen LogP contribution in [0.15, 0.2) is 79.0 Å². The maximum atomic E-state index is 13.5. The van der Waals surface area contributed by atoms with Gasteiger partial charge in [-0.1, -0.05) is 24.3 Å². The largest absolute Gasteiger partial charge is 0.497 e. The molecule has 4 aromatic rings. The number of benzene rings is 3. The van der Waals surface area contributed by atoms with Crippen molar-refractivity contribution in [3.63, 3.8) is 0 Å². The average molecular weight is 539 g/mol. The molecule has 1 fully saturated rings. The number of anilines is 1. The Morgan fingerprint density at radius 1 is 1.05 bits per heavy atom. The van der Waals surface area contributed by atoms with E-state index in [-0.39, 0.29) is 24.5 Å². The number of hydrogen-bond acceptors (Lipinski definition) is 5. The van der Waals surface area contributed by atoms with Gasteiger partial charge in [-0.25, -0.2) is 4.98 Å². The Morgan fingerprint density at radius 2 is 1.82 bits per heavy atom. The summed E-state index contributed by atoms with van der Waals surface area (Å²) >= 11 is 0. The molecule has 1 saturated heterocycles. The van der Waals surface area contributed by atoms with Crippen LogP contribution in [0.4, 0.5) is 5.95 Å². The van der Waals surface area contributed by atoms with Crippen LogP contribution in [0.5, 0.6) is 5.75 Å². The zero-order valence-corrected chi connectivity index (χ0v) is 23.1. The molecule has 0 saturated carbocycles. The van der Waals surface area contributed by atoms with Crippen LogP contribution in [0, 0.1) is 13.8 Å². The second kappa shape index (κ2) is 12.2. The van der Waals surface area contributed by atoms with E-state index in [9.17, 15) is 9.59 Å². The van der Waals surface area contributed by atoms with Gasteiger partial charge in [-0.3, -0.25) is 19.5 Å². The highest BCUT2D eigenvalue weighted by Crippen LogP contribution is 2.27. The molecular formula is C32H34N4O4. The third-order valence-corrected chi connectivity index (χ3v) is 7.20. The monoisotopic (exact) mass is 538 g/mol. The van der Waals surface area contributed by atoms with Crippen LogP contribution < -0.4 is 10.1 Å². The zero-order chi connectivity index (χ0) is 28.1. The molecule has 8 nitrogen and oxygen atoms in total. The highest BCUT2D eigenvalue weighted by atomic mass is 16.5. The van der Waals surface area contributed by atoms with Crippen LogP contribution >= 0.6 is 0 Å². The number of amides is 2. The van der Waals surface area contributed by atoms with E-state index in [1.165, 1.54) is 5.56 Å². The SMILES string of the molecule is COc1ccc(-c2cn(-c3ccc(C)c(C)c3)c(NC(=O)CN(CC3CCCO3)C(=O)c3ccccc3)n2)cc1. The van der Waals surface area contributed by atoms with Gasteiger partial charge in [0.25, 0.3) is 5.91 Å². The number of imidazole rings is 1. The molecule has 0 aliphatic carbocycles. The topological polar surface area (TPSA) is 85.7 Å². The minimum Gasteiger partial charge on any atom is -0.497 e. The Kier molecular flexibility index (Phi) is 8.26. The molecule has 1 unspecified atom stereocenters. The van der Waals surface area contributed by atoms with E-state index < -0.39 is 0 Å². The second-order valence-corrected chi connectivity index (χ2v) is 10.1. The van der Waals surface area contributed by atoms with E-state index in [0.717, 1.165) is 35.4 Å². The van der Waals surface area contributed by atoms with Crippen molar-refractivity contribution in [1.29, 1.82) is 0 Å². The standard InChI is InChI=1S/C32H34N4O4/c1-22-11-14-26(18-23(22)2)36-20-29(24-12-15-27(39-3)16-13-24)33-32(36)34-30(37)21-35(19-28-10-7-17-40-28)31(38)25-8-5-4-6-9-25/h4-6,8-9,11-16,18,20,28H,7,10,17,19,21H2,1-3H3,(H,33,34,37). The minimum absolute atomic E-state index is 0.0837. The van der Waals surface area contributed by atoms with Crippen molar-refractivity contribution in [2.24, 2.45) is 0 Å². The number of rotatable bonds is 9. The van der Waals surface area contributed by atoms with Crippen LogP contribution in [0.3, 0.4) is 0 Å². The Balaban J connectivity index is 1.43. The Hall–Kier alpha value is -4.43. The molecule has 0 bridgehead atoms. The molecule has 8 heteroatoms. The fourth-order valence-electron chi connectivity index (χ4n) is 4.80. The Bertz CT molecular complexity index is 1470. The normalized spacial score (nSPS) is 14.6. The molecule has 3 aromatic carbocycles. The van der Waals surface area contributed by atoms with Crippen molar-refractivity contribution in [3.05, 3.63) is 95.7 Å². The first-order valence-corrected chi connectivity index (χ1v) is 13.5. The molecule has 0 radical (unpaired) electrons. The molecule has 2 amide bonds. The summed E-state index contributed by atoms with van der Waals surface area (Å²) in [4.78, 5) is 33.2. The average Bonchev–Trinajstić information content (AvgIpc) is 3.64. The second-order valence-electron chi connectivity index (χ2n) is 10.1. The molecular weight excluding hydrogens is 504 g/mol. The molecule has 1 atom stereocenters. The molecule has 1 aromatic heterocycles. The fourth-order valence-corrected chi connectivity index (χ4v) is 4.80. The van der Waals surface area contributed by atoms with Gasteiger partial charge in [-0.15, -0.1) is 0 Å². The van der Waals surface area contributed by atoms with E-state index in [1.807, 2.05) is 65.4 Å². The van der Waals surface area contributed by atoms with Crippen molar-refractivity contribution >= 4 is 17.8 Å². The molecule has 0 spiro atoms. The number of nitrogens with one attached hydrogen (secondary N) is 1. The van der Waals surface area contributed by atoms with Gasteiger partial charge in [-0.05, 0) is 86.3 Å². The van der Waals surface area contributed by atoms with Crippen molar-refractivity contribution in [2.45, 2.75) is 32.8 Å². The van der Waals surface area contributed by atoms with Crippen LogP contribution in [-0.2, 0) is 9.53 Å². The lowest BCUT2D eigenvalue weighted by Crippen LogP contribution is -2.42. The van der Waals surface area contributed by atoms with Gasteiger partial charge in [0.05, 0.1) is 18.9 Å². The van der Waals surface area contributed by atoms with E-state index in [0.29, 0.717) is 30.4 Å². The van der Waals surface area contributed by atoms with E-state index >= 15 is 0 Å². The summed E-state index contributed by atoms with van der Waals surface area (Å²) in [6.45, 7) is 5.02. The first kappa shape index (κ1) is 27.1. The quantitative estimate of drug-likeness (QED) is 0.307. The highest BCUT2D eigenvalue weighted by Gasteiger charge is 2.26. The van der Waals surface area contributed by atoms with E-state index in [1.54, 1.807) is 24.1 Å². The van der Waals surface area contributed by atoms with Gasteiger partial charge in [0.15, 0.2) is 0 Å². The number of nitrogens with zero attached hydrogens (tertiary/aromatic N) is 3. The lowest BCUT2D eigenvalue weighted by Gasteiger charge is -2.25. The number of carbonyl (C=O) groups excluding carboxylic acids is 2. The van der Waals surface area contributed by atoms with Crippen LogP contribution in [0.2, 0.25) is 0 Å². The van der Waals surface area contributed by atoms with Gasteiger partial charge < -0.3 is 14.4 Å².